The summed E-state index contributed by atoms with van der Waals surface area (Å²) in [6.45, 7) is 6.81. The normalized spacial score (nSPS) is 14.6. The molecular formula is C24H30N2O6S. The number of likely N-dealkylation sites (tertiary alicyclic amines) is 1. The molecule has 1 fully saturated rings. The quantitative estimate of drug-likeness (QED) is 0.589. The largest absolute Gasteiger partial charge is 0.484 e. The van der Waals surface area contributed by atoms with Crippen LogP contribution in [0.4, 0.5) is 5.69 Å². The van der Waals surface area contributed by atoms with E-state index in [1.165, 1.54) is 24.3 Å². The summed E-state index contributed by atoms with van der Waals surface area (Å²) >= 11 is 0. The smallest absolute Gasteiger partial charge is 0.309 e. The highest BCUT2D eigenvalue weighted by molar-refractivity contribution is 7.92. The van der Waals surface area contributed by atoms with Gasteiger partial charge in [-0.2, -0.15) is 0 Å². The Labute approximate surface area is 194 Å². The number of piperidine rings is 1. The van der Waals surface area contributed by atoms with Crippen LogP contribution in [0, 0.1) is 19.8 Å². The number of ether oxygens (including phenoxy) is 2. The number of carbonyl (C=O) groups excluding carboxylic acids is 2. The van der Waals surface area contributed by atoms with Crippen molar-refractivity contribution in [2.45, 2.75) is 38.5 Å². The molecule has 3 rings (SSSR count). The van der Waals surface area contributed by atoms with Crippen LogP contribution >= 0.6 is 0 Å². The number of aryl methyl sites for hydroxylation is 2. The SMILES string of the molecule is CCOC(=O)C1CCN(C(=O)COc2ccc(S(=O)(=O)Nc3ccc(C)c(C)c3)cc2)CC1. The summed E-state index contributed by atoms with van der Waals surface area (Å²) in [5, 5.41) is 0. The van der Waals surface area contributed by atoms with Crippen molar-refractivity contribution in [3.8, 4) is 5.75 Å². The van der Waals surface area contributed by atoms with Crippen LogP contribution in [-0.2, 0) is 24.3 Å². The maximum absolute atomic E-state index is 12.7. The van der Waals surface area contributed by atoms with Crippen LogP contribution in [0.1, 0.15) is 30.9 Å². The van der Waals surface area contributed by atoms with Gasteiger partial charge in [0, 0.05) is 18.8 Å². The van der Waals surface area contributed by atoms with Crippen molar-refractivity contribution in [3.05, 3.63) is 53.6 Å². The molecule has 0 unspecified atom stereocenters. The van der Waals surface area contributed by atoms with E-state index >= 15 is 0 Å². The Morgan fingerprint density at radius 3 is 2.30 bits per heavy atom. The number of hydrogen-bond acceptors (Lipinski definition) is 6. The minimum atomic E-state index is -3.74. The van der Waals surface area contributed by atoms with Gasteiger partial charge >= 0.3 is 5.97 Å². The summed E-state index contributed by atoms with van der Waals surface area (Å²) in [6, 6.07) is 11.3. The molecule has 0 spiro atoms. The predicted molar refractivity (Wildman–Crippen MR) is 125 cm³/mol. The fourth-order valence-corrected chi connectivity index (χ4v) is 4.64. The summed E-state index contributed by atoms with van der Waals surface area (Å²) in [4.78, 5) is 26.0. The van der Waals surface area contributed by atoms with E-state index in [-0.39, 0.29) is 29.3 Å². The zero-order chi connectivity index (χ0) is 24.0. The van der Waals surface area contributed by atoms with Crippen molar-refractivity contribution in [1.82, 2.24) is 4.90 Å². The van der Waals surface area contributed by atoms with Gasteiger partial charge in [-0.1, -0.05) is 6.07 Å². The molecule has 0 saturated carbocycles. The number of amides is 1. The lowest BCUT2D eigenvalue weighted by Gasteiger charge is -2.30. The number of rotatable bonds is 8. The second-order valence-corrected chi connectivity index (χ2v) is 9.75. The van der Waals surface area contributed by atoms with Crippen molar-refractivity contribution in [1.29, 1.82) is 0 Å². The Balaban J connectivity index is 1.51. The molecular weight excluding hydrogens is 444 g/mol. The highest BCUT2D eigenvalue weighted by Crippen LogP contribution is 2.22. The number of carbonyl (C=O) groups is 2. The van der Waals surface area contributed by atoms with E-state index in [1.54, 1.807) is 24.0 Å². The molecule has 1 aliphatic heterocycles. The summed E-state index contributed by atoms with van der Waals surface area (Å²) in [5.41, 5.74) is 2.57. The van der Waals surface area contributed by atoms with Gasteiger partial charge in [0.2, 0.25) is 0 Å². The van der Waals surface area contributed by atoms with Crippen molar-refractivity contribution in [2.75, 3.05) is 31.0 Å². The van der Waals surface area contributed by atoms with Crippen LogP contribution in [0.15, 0.2) is 47.4 Å². The monoisotopic (exact) mass is 474 g/mol. The lowest BCUT2D eigenvalue weighted by atomic mass is 9.97. The highest BCUT2D eigenvalue weighted by Gasteiger charge is 2.28. The van der Waals surface area contributed by atoms with Crippen molar-refractivity contribution in [2.24, 2.45) is 5.92 Å². The van der Waals surface area contributed by atoms with E-state index in [9.17, 15) is 18.0 Å². The average molecular weight is 475 g/mol. The minimum absolute atomic E-state index is 0.0976. The third-order valence-corrected chi connectivity index (χ3v) is 7.12. The molecule has 2 aromatic carbocycles. The second-order valence-electron chi connectivity index (χ2n) is 8.07. The van der Waals surface area contributed by atoms with Gasteiger partial charge in [0.1, 0.15) is 5.75 Å². The number of nitrogens with zero attached hydrogens (tertiary/aromatic N) is 1. The molecule has 9 heteroatoms. The van der Waals surface area contributed by atoms with E-state index < -0.39 is 10.0 Å². The maximum atomic E-state index is 12.7. The molecule has 8 nitrogen and oxygen atoms in total. The molecule has 2 aromatic rings. The molecule has 178 valence electrons. The first-order valence-corrected chi connectivity index (χ1v) is 12.4. The van der Waals surface area contributed by atoms with Gasteiger partial charge in [0.05, 0.1) is 17.4 Å². The molecule has 0 radical (unpaired) electrons. The van der Waals surface area contributed by atoms with Gasteiger partial charge in [-0.3, -0.25) is 14.3 Å². The van der Waals surface area contributed by atoms with Crippen LogP contribution in [0.25, 0.3) is 0 Å². The summed E-state index contributed by atoms with van der Waals surface area (Å²) < 4.78 is 38.5. The Bertz CT molecular complexity index is 1090. The predicted octanol–water partition coefficient (Wildman–Crippen LogP) is 3.28. The van der Waals surface area contributed by atoms with Gasteiger partial charge in [-0.15, -0.1) is 0 Å². The van der Waals surface area contributed by atoms with Gasteiger partial charge in [0.15, 0.2) is 6.61 Å². The van der Waals surface area contributed by atoms with Gasteiger partial charge < -0.3 is 14.4 Å². The van der Waals surface area contributed by atoms with Crippen LogP contribution in [-0.4, -0.2) is 51.5 Å². The van der Waals surface area contributed by atoms with E-state index in [2.05, 4.69) is 4.72 Å². The maximum Gasteiger partial charge on any atom is 0.309 e. The van der Waals surface area contributed by atoms with Crippen LogP contribution < -0.4 is 9.46 Å². The zero-order valence-corrected chi connectivity index (χ0v) is 20.0. The third-order valence-electron chi connectivity index (χ3n) is 5.72. The van der Waals surface area contributed by atoms with Gasteiger partial charge in [0.25, 0.3) is 15.9 Å². The molecule has 0 aliphatic carbocycles. The van der Waals surface area contributed by atoms with Crippen LogP contribution in [0.5, 0.6) is 5.75 Å². The van der Waals surface area contributed by atoms with Crippen LogP contribution in [0.3, 0.4) is 0 Å². The lowest BCUT2D eigenvalue weighted by molar-refractivity contribution is -0.151. The van der Waals surface area contributed by atoms with E-state index in [0.29, 0.717) is 44.0 Å². The molecule has 33 heavy (non-hydrogen) atoms. The standard InChI is InChI=1S/C24H30N2O6S/c1-4-31-24(28)19-11-13-26(14-12-19)23(27)16-32-21-7-9-22(10-8-21)33(29,30)25-20-6-5-17(2)18(3)15-20/h5-10,15,19,25H,4,11-14,16H2,1-3H3. The summed E-state index contributed by atoms with van der Waals surface area (Å²) in [5.74, 6) is -0.148. The van der Waals surface area contributed by atoms with Crippen LogP contribution in [0.2, 0.25) is 0 Å². The molecule has 1 saturated heterocycles. The van der Waals surface area contributed by atoms with Gasteiger partial charge in [-0.05, 0) is 81.1 Å². The van der Waals surface area contributed by atoms with E-state index in [1.807, 2.05) is 19.9 Å². The molecule has 1 amide bonds. The topological polar surface area (TPSA) is 102 Å². The van der Waals surface area contributed by atoms with Crippen molar-refractivity contribution >= 4 is 27.6 Å². The summed E-state index contributed by atoms with van der Waals surface area (Å²) in [6.07, 6.45) is 1.15. The third kappa shape index (κ3) is 6.47. The molecule has 1 N–H and O–H groups in total. The van der Waals surface area contributed by atoms with E-state index in [0.717, 1.165) is 11.1 Å². The first-order chi connectivity index (χ1) is 15.7. The Morgan fingerprint density at radius 2 is 1.70 bits per heavy atom. The van der Waals surface area contributed by atoms with Gasteiger partial charge in [-0.25, -0.2) is 8.42 Å². The summed E-state index contributed by atoms with van der Waals surface area (Å²) in [7, 11) is -3.74. The molecule has 1 aliphatic rings. The highest BCUT2D eigenvalue weighted by atomic mass is 32.2. The Morgan fingerprint density at radius 1 is 1.03 bits per heavy atom. The fourth-order valence-electron chi connectivity index (χ4n) is 3.60. The number of anilines is 1. The molecule has 0 aromatic heterocycles. The van der Waals surface area contributed by atoms with E-state index in [4.69, 9.17) is 9.47 Å². The minimum Gasteiger partial charge on any atom is -0.484 e. The lowest BCUT2D eigenvalue weighted by Crippen LogP contribution is -2.42. The number of sulfonamides is 1. The van der Waals surface area contributed by atoms with Crippen molar-refractivity contribution < 1.29 is 27.5 Å². The number of hydrogen-bond donors (Lipinski definition) is 1. The first-order valence-electron chi connectivity index (χ1n) is 11.0. The zero-order valence-electron chi connectivity index (χ0n) is 19.2. The molecule has 0 bridgehead atoms. The Hall–Kier alpha value is -3.07. The number of esters is 1. The molecule has 1 heterocycles. The Kier molecular flexibility index (Phi) is 7.97. The number of nitrogens with one attached hydrogen (secondary N) is 1. The fraction of sp³-hybridized carbons (Fsp3) is 0.417. The second kappa shape index (κ2) is 10.7. The average Bonchev–Trinajstić information content (AvgIpc) is 2.80. The van der Waals surface area contributed by atoms with Crippen molar-refractivity contribution in [3.63, 3.8) is 0 Å². The first kappa shape index (κ1) is 24.6. The molecule has 0 atom stereocenters. The number of benzene rings is 2.